The number of aromatic nitrogens is 4. The van der Waals surface area contributed by atoms with E-state index < -0.39 is 41.3 Å². The lowest BCUT2D eigenvalue weighted by atomic mass is 10.1. The van der Waals surface area contributed by atoms with E-state index in [0.29, 0.717) is 47.1 Å². The number of hydrogen-bond acceptors (Lipinski definition) is 13. The lowest BCUT2D eigenvalue weighted by Gasteiger charge is -2.16. The van der Waals surface area contributed by atoms with Gasteiger partial charge in [0.05, 0.1) is 30.7 Å². The number of nitrogens with one attached hydrogen (secondary N) is 5. The number of anilines is 4. The molecule has 0 bridgehead atoms. The molecule has 288 valence electrons. The molecule has 1 aliphatic heterocycles. The Balaban J connectivity index is 0.920. The molecule has 4 atom stereocenters. The third-order valence-corrected chi connectivity index (χ3v) is 9.59. The Hall–Kier alpha value is -5.61. The number of aliphatic hydroxyl groups is 3. The summed E-state index contributed by atoms with van der Waals surface area (Å²) in [5, 5.41) is 44.9. The van der Waals surface area contributed by atoms with E-state index in [1.54, 1.807) is 48.5 Å². The van der Waals surface area contributed by atoms with Gasteiger partial charge in [-0.05, 0) is 71.9 Å². The molecule has 3 heterocycles. The summed E-state index contributed by atoms with van der Waals surface area (Å²) < 4.78 is 38.5. The molecule has 0 radical (unpaired) electrons. The van der Waals surface area contributed by atoms with E-state index >= 15 is 0 Å². The van der Waals surface area contributed by atoms with E-state index in [2.05, 4.69) is 41.5 Å². The molecule has 2 aromatic heterocycles. The molecule has 9 N–H and O–H groups in total. The number of fused-ring (bicyclic) bond motifs is 1. The van der Waals surface area contributed by atoms with E-state index in [1.165, 1.54) is 41.5 Å². The van der Waals surface area contributed by atoms with Crippen LogP contribution in [0.15, 0.2) is 90.3 Å². The molecule has 0 saturated carbocycles. The molecular weight excluding hydrogens is 755 g/mol. The van der Waals surface area contributed by atoms with Crippen LogP contribution in [0.2, 0.25) is 0 Å². The number of carbonyl (C=O) groups excluding carboxylic acids is 2. The minimum atomic E-state index is -4.28. The van der Waals surface area contributed by atoms with Gasteiger partial charge in [-0.25, -0.2) is 15.0 Å². The average Bonchev–Trinajstić information content (AvgIpc) is 3.71. The fourth-order valence-electron chi connectivity index (χ4n) is 5.69. The SMILES string of the molecule is O=C(Cc1ccc(NC(=O)Cc2ccc(Nc3ncnc4c3ncn4C3OC(CO)C(O)C3O)cc2)cc1)NCCNC(=S)Nc1ccc(S(=O)(=O)O)cc1. The fourth-order valence-corrected chi connectivity index (χ4v) is 6.39. The zero-order chi connectivity index (χ0) is 39.1. The molecule has 55 heavy (non-hydrogen) atoms. The second kappa shape index (κ2) is 17.2. The van der Waals surface area contributed by atoms with E-state index in [1.807, 2.05) is 0 Å². The zero-order valence-electron chi connectivity index (χ0n) is 28.9. The van der Waals surface area contributed by atoms with E-state index in [0.717, 1.165) is 11.1 Å². The smallest absolute Gasteiger partial charge is 0.294 e. The maximum absolute atomic E-state index is 12.8. The topological polar surface area (TPSA) is 262 Å². The predicted molar refractivity (Wildman–Crippen MR) is 204 cm³/mol. The Morgan fingerprint density at radius 2 is 1.38 bits per heavy atom. The predicted octanol–water partition coefficient (Wildman–Crippen LogP) is 1.25. The average molecular weight is 792 g/mol. The minimum absolute atomic E-state index is 0.115. The number of hydrogen-bond donors (Lipinski definition) is 9. The van der Waals surface area contributed by atoms with E-state index in [9.17, 15) is 33.3 Å². The molecule has 20 heteroatoms. The second-order valence-corrected chi connectivity index (χ2v) is 14.3. The molecule has 1 aliphatic rings. The minimum Gasteiger partial charge on any atom is -0.394 e. The summed E-state index contributed by atoms with van der Waals surface area (Å²) in [6, 6.07) is 19.5. The van der Waals surface area contributed by atoms with Gasteiger partial charge in [-0.3, -0.25) is 18.7 Å². The van der Waals surface area contributed by atoms with Crippen LogP contribution in [0.5, 0.6) is 0 Å². The van der Waals surface area contributed by atoms with Crippen molar-refractivity contribution in [2.45, 2.75) is 42.3 Å². The van der Waals surface area contributed by atoms with E-state index in [4.69, 9.17) is 21.5 Å². The Kier molecular flexibility index (Phi) is 12.3. The van der Waals surface area contributed by atoms with Crippen LogP contribution in [-0.4, -0.2) is 103 Å². The quantitative estimate of drug-likeness (QED) is 0.0436. The number of carbonyl (C=O) groups is 2. The number of aliphatic hydroxyl groups excluding tert-OH is 3. The van der Waals surface area contributed by atoms with Gasteiger partial charge >= 0.3 is 0 Å². The van der Waals surface area contributed by atoms with Gasteiger partial charge in [0.2, 0.25) is 11.8 Å². The van der Waals surface area contributed by atoms with Crippen molar-refractivity contribution < 1.29 is 42.6 Å². The van der Waals surface area contributed by atoms with Gasteiger partial charge in [-0.2, -0.15) is 8.42 Å². The van der Waals surface area contributed by atoms with Crippen molar-refractivity contribution in [3.8, 4) is 0 Å². The molecule has 1 fully saturated rings. The van der Waals surface area contributed by atoms with Crippen molar-refractivity contribution >= 4 is 73.3 Å². The van der Waals surface area contributed by atoms with Gasteiger partial charge in [-0.1, -0.05) is 24.3 Å². The molecule has 0 aliphatic carbocycles. The van der Waals surface area contributed by atoms with Crippen molar-refractivity contribution in [2.24, 2.45) is 0 Å². The number of benzene rings is 3. The van der Waals surface area contributed by atoms with Crippen LogP contribution in [0.1, 0.15) is 17.4 Å². The van der Waals surface area contributed by atoms with Crippen molar-refractivity contribution in [1.29, 1.82) is 0 Å². The Morgan fingerprint density at radius 3 is 2.02 bits per heavy atom. The molecule has 4 unspecified atom stereocenters. The maximum Gasteiger partial charge on any atom is 0.294 e. The van der Waals surface area contributed by atoms with Crippen molar-refractivity contribution in [3.05, 3.63) is 96.6 Å². The molecular formula is C35H37N9O9S2. The highest BCUT2D eigenvalue weighted by atomic mass is 32.2. The van der Waals surface area contributed by atoms with Crippen LogP contribution >= 0.6 is 12.2 Å². The lowest BCUT2D eigenvalue weighted by Crippen LogP contribution is -2.37. The summed E-state index contributed by atoms with van der Waals surface area (Å²) in [5.74, 6) is -0.0412. The first kappa shape index (κ1) is 39.1. The molecule has 5 aromatic rings. The summed E-state index contributed by atoms with van der Waals surface area (Å²) in [4.78, 5) is 37.9. The second-order valence-electron chi connectivity index (χ2n) is 12.4. The Labute approximate surface area is 319 Å². The van der Waals surface area contributed by atoms with Crippen LogP contribution in [0.3, 0.4) is 0 Å². The molecule has 6 rings (SSSR count). The fraction of sp³-hybridized carbons (Fsp3) is 0.257. The largest absolute Gasteiger partial charge is 0.394 e. The first-order chi connectivity index (χ1) is 26.4. The standard InChI is InChI=1S/C35H37N9O9S2/c45-17-26-30(48)31(49)34(53-26)44-19-40-29-32(38-18-39-33(29)44)42-23-7-3-21(4-8-23)16-28(47)41-22-5-1-20(2-6-22)15-27(46)36-13-14-37-35(54)43-24-9-11-25(12-10-24)55(50,51)52/h1-12,18-19,26,30-31,34,45,48-49H,13-17H2,(H,36,46)(H,41,47)(H2,37,43,54)(H,38,39,42)(H,50,51,52). The number of thiocarbonyl (C=S) groups is 1. The number of amides is 2. The highest BCUT2D eigenvalue weighted by Gasteiger charge is 2.44. The Morgan fingerprint density at radius 1 is 0.782 bits per heavy atom. The molecule has 0 spiro atoms. The zero-order valence-corrected chi connectivity index (χ0v) is 30.5. The van der Waals surface area contributed by atoms with Gasteiger partial charge in [0.25, 0.3) is 10.1 Å². The van der Waals surface area contributed by atoms with Gasteiger partial charge < -0.3 is 46.6 Å². The van der Waals surface area contributed by atoms with Crippen LogP contribution in [-0.2, 0) is 37.3 Å². The van der Waals surface area contributed by atoms with Gasteiger partial charge in [0, 0.05) is 30.2 Å². The molecule has 18 nitrogen and oxygen atoms in total. The summed E-state index contributed by atoms with van der Waals surface area (Å²) in [6.07, 6.45) is -1.51. The van der Waals surface area contributed by atoms with E-state index in [-0.39, 0.29) is 34.7 Å². The van der Waals surface area contributed by atoms with Gasteiger partial charge in [0.15, 0.2) is 28.3 Å². The number of nitrogens with zero attached hydrogens (tertiary/aromatic N) is 4. The first-order valence-corrected chi connectivity index (χ1v) is 18.7. The molecule has 3 aromatic carbocycles. The van der Waals surface area contributed by atoms with Gasteiger partial charge in [0.1, 0.15) is 24.6 Å². The maximum atomic E-state index is 12.8. The monoisotopic (exact) mass is 791 g/mol. The summed E-state index contributed by atoms with van der Waals surface area (Å²) >= 11 is 5.21. The highest BCUT2D eigenvalue weighted by Crippen LogP contribution is 2.32. The molecule has 1 saturated heterocycles. The Bertz CT molecular complexity index is 2260. The summed E-state index contributed by atoms with van der Waals surface area (Å²) in [6.45, 7) is 0.179. The van der Waals surface area contributed by atoms with Crippen molar-refractivity contribution in [2.75, 3.05) is 35.6 Å². The first-order valence-electron chi connectivity index (χ1n) is 16.8. The summed E-state index contributed by atoms with van der Waals surface area (Å²) in [5.41, 5.74) is 4.03. The van der Waals surface area contributed by atoms with Crippen LogP contribution < -0.4 is 26.6 Å². The number of imidazole rings is 1. The van der Waals surface area contributed by atoms with Crippen LogP contribution in [0.4, 0.5) is 22.9 Å². The normalized spacial score (nSPS) is 18.1. The van der Waals surface area contributed by atoms with Crippen molar-refractivity contribution in [1.82, 2.24) is 30.2 Å². The van der Waals surface area contributed by atoms with Crippen molar-refractivity contribution in [3.63, 3.8) is 0 Å². The third kappa shape index (κ3) is 9.93. The number of rotatable bonds is 14. The number of ether oxygens (including phenoxy) is 1. The summed E-state index contributed by atoms with van der Waals surface area (Å²) in [7, 11) is -4.28. The highest BCUT2D eigenvalue weighted by molar-refractivity contribution is 7.85. The van der Waals surface area contributed by atoms with Crippen LogP contribution in [0, 0.1) is 0 Å². The van der Waals surface area contributed by atoms with Gasteiger partial charge in [-0.15, -0.1) is 0 Å². The third-order valence-electron chi connectivity index (χ3n) is 8.48. The van der Waals surface area contributed by atoms with Crippen LogP contribution in [0.25, 0.3) is 11.2 Å². The molecule has 2 amide bonds. The lowest BCUT2D eigenvalue weighted by molar-refractivity contribution is -0.120.